The highest BCUT2D eigenvalue weighted by atomic mass is 16.4. The minimum Gasteiger partial charge on any atom is -0.481 e. The summed E-state index contributed by atoms with van der Waals surface area (Å²) in [7, 11) is 0. The van der Waals surface area contributed by atoms with E-state index < -0.39 is 54.2 Å². The van der Waals surface area contributed by atoms with Gasteiger partial charge in [-0.15, -0.1) is 0 Å². The minimum absolute atomic E-state index is 0.00439. The molecule has 0 radical (unpaired) electrons. The molecule has 14 nitrogen and oxygen atoms in total. The van der Waals surface area contributed by atoms with Gasteiger partial charge in [-0.25, -0.2) is 4.79 Å². The van der Waals surface area contributed by atoms with Crippen molar-refractivity contribution in [2.75, 3.05) is 6.54 Å². The first-order chi connectivity index (χ1) is 13.9. The van der Waals surface area contributed by atoms with E-state index in [0.29, 0.717) is 0 Å². The van der Waals surface area contributed by atoms with E-state index in [0.717, 1.165) is 0 Å². The van der Waals surface area contributed by atoms with Crippen LogP contribution >= 0.6 is 0 Å². The van der Waals surface area contributed by atoms with Crippen molar-refractivity contribution in [3.05, 3.63) is 0 Å². The van der Waals surface area contributed by atoms with Crippen LogP contribution in [0.15, 0.2) is 4.99 Å². The summed E-state index contributed by atoms with van der Waals surface area (Å²) in [5.74, 6) is -5.05. The molecule has 0 aliphatic heterocycles. The van der Waals surface area contributed by atoms with Crippen molar-refractivity contribution in [2.45, 2.75) is 56.7 Å². The number of rotatable bonds is 15. The number of hydrogen-bond donors (Lipinski definition) is 8. The monoisotopic (exact) mass is 431 g/mol. The topological polar surface area (TPSA) is 266 Å². The number of carbonyl (C=O) groups is 5. The molecule has 0 heterocycles. The molecule has 12 N–H and O–H groups in total. The normalized spacial score (nSPS) is 13.4. The van der Waals surface area contributed by atoms with Gasteiger partial charge in [0, 0.05) is 19.4 Å². The van der Waals surface area contributed by atoms with Gasteiger partial charge in [0.05, 0.1) is 6.04 Å². The average Bonchev–Trinajstić information content (AvgIpc) is 2.64. The number of carbonyl (C=O) groups excluding carboxylic acids is 3. The van der Waals surface area contributed by atoms with Crippen molar-refractivity contribution in [1.82, 2.24) is 10.6 Å². The highest BCUT2D eigenvalue weighted by molar-refractivity contribution is 5.92. The Morgan fingerprint density at radius 3 is 1.93 bits per heavy atom. The first kappa shape index (κ1) is 26.6. The number of amides is 3. The molecule has 0 saturated carbocycles. The van der Waals surface area contributed by atoms with Crippen LogP contribution < -0.4 is 33.6 Å². The molecule has 0 aliphatic rings. The Morgan fingerprint density at radius 1 is 0.833 bits per heavy atom. The van der Waals surface area contributed by atoms with Gasteiger partial charge in [0.15, 0.2) is 5.96 Å². The first-order valence-corrected chi connectivity index (χ1v) is 9.08. The Balaban J connectivity index is 5.05. The number of carboxylic acids is 2. The third-order valence-electron chi connectivity index (χ3n) is 3.88. The number of nitrogens with zero attached hydrogens (tertiary/aromatic N) is 1. The lowest BCUT2D eigenvalue weighted by molar-refractivity contribution is -0.143. The molecule has 0 rings (SSSR count). The van der Waals surface area contributed by atoms with Crippen molar-refractivity contribution in [1.29, 1.82) is 0 Å². The summed E-state index contributed by atoms with van der Waals surface area (Å²) in [6.07, 6.45) is -0.740. The lowest BCUT2D eigenvalue weighted by Crippen LogP contribution is -2.54. The highest BCUT2D eigenvalue weighted by Crippen LogP contribution is 2.04. The summed E-state index contributed by atoms with van der Waals surface area (Å²) in [5.41, 5.74) is 21.0. The average molecular weight is 431 g/mol. The maximum atomic E-state index is 12.5. The molecular weight excluding hydrogens is 402 g/mol. The smallest absolute Gasteiger partial charge is 0.326 e. The molecule has 0 aromatic rings. The lowest BCUT2D eigenvalue weighted by Gasteiger charge is -2.22. The Hall–Kier alpha value is -3.42. The highest BCUT2D eigenvalue weighted by Gasteiger charge is 2.28. The molecule has 0 spiro atoms. The fourth-order valence-corrected chi connectivity index (χ4v) is 2.28. The molecule has 0 fully saturated rings. The van der Waals surface area contributed by atoms with Crippen molar-refractivity contribution >= 4 is 35.6 Å². The van der Waals surface area contributed by atoms with Crippen molar-refractivity contribution < 1.29 is 34.2 Å². The summed E-state index contributed by atoms with van der Waals surface area (Å²) in [5, 5.41) is 22.7. The van der Waals surface area contributed by atoms with Gasteiger partial charge in [-0.3, -0.25) is 24.2 Å². The number of guanidine groups is 1. The van der Waals surface area contributed by atoms with Crippen molar-refractivity contribution in [2.24, 2.45) is 27.9 Å². The van der Waals surface area contributed by atoms with Gasteiger partial charge in [0.1, 0.15) is 12.1 Å². The fraction of sp³-hybridized carbons (Fsp3) is 0.625. The van der Waals surface area contributed by atoms with Gasteiger partial charge in [0.25, 0.3) is 0 Å². The van der Waals surface area contributed by atoms with E-state index in [4.69, 9.17) is 28.0 Å². The number of nitrogens with two attached hydrogens (primary N) is 4. The largest absolute Gasteiger partial charge is 0.481 e. The molecular formula is C16H29N7O7. The summed E-state index contributed by atoms with van der Waals surface area (Å²) in [6, 6.07) is -3.81. The van der Waals surface area contributed by atoms with E-state index in [2.05, 4.69) is 15.6 Å². The van der Waals surface area contributed by atoms with Crippen LogP contribution in [0.25, 0.3) is 0 Å². The predicted octanol–water partition coefficient (Wildman–Crippen LogP) is -3.45. The van der Waals surface area contributed by atoms with Gasteiger partial charge in [-0.1, -0.05) is 0 Å². The second-order valence-electron chi connectivity index (χ2n) is 6.45. The van der Waals surface area contributed by atoms with E-state index >= 15 is 0 Å². The van der Waals surface area contributed by atoms with Gasteiger partial charge in [0.2, 0.25) is 17.7 Å². The fourth-order valence-electron chi connectivity index (χ4n) is 2.28. The summed E-state index contributed by atoms with van der Waals surface area (Å²) >= 11 is 0. The Morgan fingerprint density at radius 2 is 1.43 bits per heavy atom. The van der Waals surface area contributed by atoms with Gasteiger partial charge >= 0.3 is 11.9 Å². The Labute approximate surface area is 172 Å². The number of aliphatic imine (C=N–C) groups is 1. The summed E-state index contributed by atoms with van der Waals surface area (Å²) in [6.45, 7) is 0.149. The standard InChI is InChI=1S/C16H29N7O7/c17-8(3-5-11(18)24)13(27)22-9(4-6-12(25)26)14(28)23-10(15(29)30)2-1-7-21-16(19)20/h8-10H,1-7,17H2,(H2,18,24)(H,22,27)(H,23,28)(H,25,26)(H,29,30)(H4,19,20,21)/t8-,9-,10-/m0/s1. The van der Waals surface area contributed by atoms with Crippen LogP contribution in [-0.2, 0) is 24.0 Å². The zero-order valence-electron chi connectivity index (χ0n) is 16.4. The van der Waals surface area contributed by atoms with Crippen LogP contribution in [0.2, 0.25) is 0 Å². The van der Waals surface area contributed by atoms with Crippen LogP contribution in [0.4, 0.5) is 0 Å². The molecule has 170 valence electrons. The third kappa shape index (κ3) is 12.1. The second kappa shape index (κ2) is 13.7. The second-order valence-corrected chi connectivity index (χ2v) is 6.45. The molecule has 0 aliphatic carbocycles. The molecule has 30 heavy (non-hydrogen) atoms. The molecule has 0 unspecified atom stereocenters. The molecule has 0 aromatic carbocycles. The number of nitrogens with one attached hydrogen (secondary N) is 2. The quantitative estimate of drug-likeness (QED) is 0.0721. The maximum Gasteiger partial charge on any atom is 0.326 e. The third-order valence-corrected chi connectivity index (χ3v) is 3.88. The molecule has 14 heteroatoms. The zero-order chi connectivity index (χ0) is 23.3. The Bertz CT molecular complexity index is 664. The number of aliphatic carboxylic acids is 2. The molecule has 3 amide bonds. The first-order valence-electron chi connectivity index (χ1n) is 9.08. The number of primary amides is 1. The van der Waals surface area contributed by atoms with E-state index in [9.17, 15) is 29.1 Å². The van der Waals surface area contributed by atoms with E-state index in [-0.39, 0.29) is 44.6 Å². The van der Waals surface area contributed by atoms with Crippen LogP contribution in [0.1, 0.15) is 38.5 Å². The minimum atomic E-state index is -1.34. The lowest BCUT2D eigenvalue weighted by atomic mass is 10.1. The van der Waals surface area contributed by atoms with Crippen molar-refractivity contribution in [3.8, 4) is 0 Å². The Kier molecular flexibility index (Phi) is 12.1. The molecule has 3 atom stereocenters. The number of hydrogen-bond acceptors (Lipinski definition) is 7. The van der Waals surface area contributed by atoms with E-state index in [1.54, 1.807) is 0 Å². The van der Waals surface area contributed by atoms with Gasteiger partial charge in [-0.2, -0.15) is 0 Å². The van der Waals surface area contributed by atoms with E-state index in [1.165, 1.54) is 0 Å². The summed E-state index contributed by atoms with van der Waals surface area (Å²) < 4.78 is 0. The SMILES string of the molecule is NC(=O)CC[C@H](N)C(=O)N[C@@H](CCC(=O)O)C(=O)N[C@@H](CCCN=C(N)N)C(=O)O. The van der Waals surface area contributed by atoms with Gasteiger partial charge in [-0.05, 0) is 25.7 Å². The zero-order valence-corrected chi connectivity index (χ0v) is 16.4. The number of carboxylic acid groups (broad SMARTS) is 2. The van der Waals surface area contributed by atoms with Crippen molar-refractivity contribution in [3.63, 3.8) is 0 Å². The maximum absolute atomic E-state index is 12.5. The summed E-state index contributed by atoms with van der Waals surface area (Å²) in [4.78, 5) is 61.3. The molecule has 0 bridgehead atoms. The predicted molar refractivity (Wildman–Crippen MR) is 105 cm³/mol. The van der Waals surface area contributed by atoms with Crippen LogP contribution in [0, 0.1) is 0 Å². The van der Waals surface area contributed by atoms with E-state index in [1.807, 2.05) is 0 Å². The molecule has 0 saturated heterocycles. The van der Waals surface area contributed by atoms with Gasteiger partial charge < -0.3 is 43.8 Å². The van der Waals surface area contributed by atoms with Crippen LogP contribution in [-0.4, -0.2) is 70.5 Å². The van der Waals surface area contributed by atoms with Crippen LogP contribution in [0.3, 0.4) is 0 Å². The molecule has 0 aromatic heterocycles. The van der Waals surface area contributed by atoms with Crippen LogP contribution in [0.5, 0.6) is 0 Å².